The molecule has 1 rings (SSSR count). The first-order valence-electron chi connectivity index (χ1n) is 6.18. The SMILES string of the molecule is COCCNC(N)=NCCOCc1ccc(Cl)cc1Cl.I. The van der Waals surface area contributed by atoms with Crippen molar-refractivity contribution in [3.63, 3.8) is 0 Å². The molecule has 0 saturated carbocycles. The number of aliphatic imine (C=N–C) groups is 1. The van der Waals surface area contributed by atoms with E-state index >= 15 is 0 Å². The number of guanidine groups is 1. The molecule has 0 bridgehead atoms. The summed E-state index contributed by atoms with van der Waals surface area (Å²) in [5.41, 5.74) is 6.54. The second kappa shape index (κ2) is 12.3. The molecule has 0 aliphatic carbocycles. The number of hydrogen-bond donors (Lipinski definition) is 2. The van der Waals surface area contributed by atoms with E-state index in [-0.39, 0.29) is 24.0 Å². The minimum absolute atomic E-state index is 0. The highest BCUT2D eigenvalue weighted by Crippen LogP contribution is 2.21. The van der Waals surface area contributed by atoms with E-state index in [1.54, 1.807) is 19.2 Å². The summed E-state index contributed by atoms with van der Waals surface area (Å²) < 4.78 is 10.4. The smallest absolute Gasteiger partial charge is 0.188 e. The number of ether oxygens (including phenoxy) is 2. The van der Waals surface area contributed by atoms with E-state index in [9.17, 15) is 0 Å². The van der Waals surface area contributed by atoms with Crippen LogP contribution < -0.4 is 11.1 Å². The van der Waals surface area contributed by atoms with Crippen LogP contribution in [0.3, 0.4) is 0 Å². The predicted octanol–water partition coefficient (Wildman–Crippen LogP) is 2.68. The molecule has 5 nitrogen and oxygen atoms in total. The zero-order valence-electron chi connectivity index (χ0n) is 11.8. The molecule has 0 radical (unpaired) electrons. The van der Waals surface area contributed by atoms with Gasteiger partial charge in [-0.1, -0.05) is 29.3 Å². The standard InChI is InChI=1S/C13H19Cl2N3O2.HI/c1-19-6-4-17-13(16)18-5-7-20-9-10-2-3-11(14)8-12(10)15;/h2-3,8H,4-7,9H2,1H3,(H3,16,17,18);1H. The van der Waals surface area contributed by atoms with Crippen LogP contribution in [0.15, 0.2) is 23.2 Å². The molecule has 0 atom stereocenters. The number of hydrogen-bond acceptors (Lipinski definition) is 3. The Bertz CT molecular complexity index is 447. The number of nitrogens with zero attached hydrogens (tertiary/aromatic N) is 1. The molecular weight excluding hydrogens is 428 g/mol. The summed E-state index contributed by atoms with van der Waals surface area (Å²) in [6.45, 7) is 2.58. The summed E-state index contributed by atoms with van der Waals surface area (Å²) in [6, 6.07) is 5.31. The lowest BCUT2D eigenvalue weighted by molar-refractivity contribution is 0.128. The molecule has 0 unspecified atom stereocenters. The third kappa shape index (κ3) is 9.36. The van der Waals surface area contributed by atoms with Gasteiger partial charge in [0, 0.05) is 23.7 Å². The van der Waals surface area contributed by atoms with Gasteiger partial charge in [0.15, 0.2) is 5.96 Å². The van der Waals surface area contributed by atoms with Crippen LogP contribution in [0.4, 0.5) is 0 Å². The lowest BCUT2D eigenvalue weighted by Crippen LogP contribution is -2.34. The Balaban J connectivity index is 0.00000400. The van der Waals surface area contributed by atoms with Crippen molar-refractivity contribution in [3.05, 3.63) is 33.8 Å². The van der Waals surface area contributed by atoms with Crippen LogP contribution in [0, 0.1) is 0 Å². The second-order valence-corrected chi connectivity index (χ2v) is 4.82. The number of methoxy groups -OCH3 is 1. The molecule has 0 amide bonds. The molecule has 3 N–H and O–H groups in total. The Hall–Kier alpha value is -0.280. The lowest BCUT2D eigenvalue weighted by Gasteiger charge is -2.06. The summed E-state index contributed by atoms with van der Waals surface area (Å²) in [5, 5.41) is 4.13. The van der Waals surface area contributed by atoms with Crippen molar-refractivity contribution >= 4 is 53.1 Å². The van der Waals surface area contributed by atoms with Gasteiger partial charge >= 0.3 is 0 Å². The first-order valence-corrected chi connectivity index (χ1v) is 6.93. The third-order valence-corrected chi connectivity index (χ3v) is 2.99. The highest BCUT2D eigenvalue weighted by atomic mass is 127. The van der Waals surface area contributed by atoms with Gasteiger partial charge in [-0.3, -0.25) is 4.99 Å². The first kappa shape index (κ1) is 20.7. The summed E-state index contributed by atoms with van der Waals surface area (Å²) in [7, 11) is 1.63. The zero-order chi connectivity index (χ0) is 14.8. The van der Waals surface area contributed by atoms with Crippen molar-refractivity contribution in [1.82, 2.24) is 5.32 Å². The minimum atomic E-state index is 0. The maximum absolute atomic E-state index is 6.03. The van der Waals surface area contributed by atoms with Gasteiger partial charge in [0.1, 0.15) is 0 Å². The van der Waals surface area contributed by atoms with Gasteiger partial charge in [-0.2, -0.15) is 0 Å². The van der Waals surface area contributed by atoms with Gasteiger partial charge in [0.05, 0.1) is 26.4 Å². The van der Waals surface area contributed by atoms with Crippen LogP contribution in [0.2, 0.25) is 10.0 Å². The van der Waals surface area contributed by atoms with Gasteiger partial charge in [0.25, 0.3) is 0 Å². The van der Waals surface area contributed by atoms with E-state index in [1.165, 1.54) is 0 Å². The molecule has 0 aliphatic rings. The number of nitrogens with two attached hydrogens (primary N) is 1. The van der Waals surface area contributed by atoms with E-state index in [4.69, 9.17) is 38.4 Å². The number of nitrogens with one attached hydrogen (secondary N) is 1. The molecule has 1 aromatic rings. The Morgan fingerprint density at radius 1 is 1.33 bits per heavy atom. The molecule has 0 aliphatic heterocycles. The Morgan fingerprint density at radius 2 is 2.10 bits per heavy atom. The molecule has 0 aromatic heterocycles. The van der Waals surface area contributed by atoms with Crippen LogP contribution in [0.5, 0.6) is 0 Å². The Kier molecular flexibility index (Phi) is 12.1. The van der Waals surface area contributed by atoms with Gasteiger partial charge in [-0.05, 0) is 17.7 Å². The molecule has 0 saturated heterocycles. The van der Waals surface area contributed by atoms with Gasteiger partial charge < -0.3 is 20.5 Å². The van der Waals surface area contributed by atoms with Crippen molar-refractivity contribution in [1.29, 1.82) is 0 Å². The highest BCUT2D eigenvalue weighted by Gasteiger charge is 2.01. The molecular formula is C13H20Cl2IN3O2. The van der Waals surface area contributed by atoms with Crippen molar-refractivity contribution in [3.8, 4) is 0 Å². The number of benzene rings is 1. The summed E-state index contributed by atoms with van der Waals surface area (Å²) in [4.78, 5) is 4.11. The largest absolute Gasteiger partial charge is 0.383 e. The van der Waals surface area contributed by atoms with Crippen LogP contribution in [-0.4, -0.2) is 39.4 Å². The second-order valence-electron chi connectivity index (χ2n) is 3.97. The molecule has 1 aromatic carbocycles. The van der Waals surface area contributed by atoms with Crippen LogP contribution in [-0.2, 0) is 16.1 Å². The normalized spacial score (nSPS) is 11.1. The van der Waals surface area contributed by atoms with E-state index < -0.39 is 0 Å². The van der Waals surface area contributed by atoms with E-state index in [1.807, 2.05) is 6.07 Å². The predicted molar refractivity (Wildman–Crippen MR) is 97.9 cm³/mol. The Morgan fingerprint density at radius 3 is 2.76 bits per heavy atom. The van der Waals surface area contributed by atoms with Crippen molar-refractivity contribution < 1.29 is 9.47 Å². The third-order valence-electron chi connectivity index (χ3n) is 2.40. The number of rotatable bonds is 8. The topological polar surface area (TPSA) is 68.9 Å². The average Bonchev–Trinajstić information content (AvgIpc) is 2.41. The summed E-state index contributed by atoms with van der Waals surface area (Å²) >= 11 is 11.8. The average molecular weight is 448 g/mol. The van der Waals surface area contributed by atoms with Gasteiger partial charge in [-0.15, -0.1) is 24.0 Å². The summed E-state index contributed by atoms with van der Waals surface area (Å²) in [5.74, 6) is 0.384. The fourth-order valence-corrected chi connectivity index (χ4v) is 1.85. The fraction of sp³-hybridized carbons (Fsp3) is 0.462. The molecule has 21 heavy (non-hydrogen) atoms. The van der Waals surface area contributed by atoms with Crippen molar-refractivity contribution in [2.45, 2.75) is 6.61 Å². The van der Waals surface area contributed by atoms with Crippen LogP contribution >= 0.6 is 47.2 Å². The maximum Gasteiger partial charge on any atom is 0.188 e. The first-order chi connectivity index (χ1) is 9.63. The Labute approximate surface area is 152 Å². The number of halogens is 3. The quantitative estimate of drug-likeness (QED) is 0.278. The van der Waals surface area contributed by atoms with E-state index in [0.29, 0.717) is 48.9 Å². The molecule has 0 spiro atoms. The monoisotopic (exact) mass is 447 g/mol. The van der Waals surface area contributed by atoms with E-state index in [0.717, 1.165) is 5.56 Å². The molecule has 8 heteroatoms. The minimum Gasteiger partial charge on any atom is -0.383 e. The van der Waals surface area contributed by atoms with Crippen LogP contribution in [0.1, 0.15) is 5.56 Å². The van der Waals surface area contributed by atoms with Gasteiger partial charge in [-0.25, -0.2) is 0 Å². The molecule has 0 heterocycles. The fourth-order valence-electron chi connectivity index (χ4n) is 1.39. The zero-order valence-corrected chi connectivity index (χ0v) is 15.6. The molecule has 120 valence electrons. The van der Waals surface area contributed by atoms with Gasteiger partial charge in [0.2, 0.25) is 0 Å². The highest BCUT2D eigenvalue weighted by molar-refractivity contribution is 14.0. The summed E-state index contributed by atoms with van der Waals surface area (Å²) in [6.07, 6.45) is 0. The van der Waals surface area contributed by atoms with Crippen molar-refractivity contribution in [2.24, 2.45) is 10.7 Å². The lowest BCUT2D eigenvalue weighted by atomic mass is 10.2. The van der Waals surface area contributed by atoms with Crippen molar-refractivity contribution in [2.75, 3.05) is 33.4 Å². The molecule has 0 fully saturated rings. The van der Waals surface area contributed by atoms with E-state index in [2.05, 4.69) is 10.3 Å². The van der Waals surface area contributed by atoms with Crippen LogP contribution in [0.25, 0.3) is 0 Å². The maximum atomic E-state index is 6.03.